The molecule has 1 aromatic carbocycles. The highest BCUT2D eigenvalue weighted by molar-refractivity contribution is 9.10. The Morgan fingerprint density at radius 1 is 1.10 bits per heavy atom. The fourth-order valence-electron chi connectivity index (χ4n) is 0.895. The summed E-state index contributed by atoms with van der Waals surface area (Å²) in [5, 5.41) is 0. The number of rotatable bonds is 0. The molecular formula is C6H6BrN3. The van der Waals surface area contributed by atoms with E-state index in [1.54, 1.807) is 0 Å². The Morgan fingerprint density at radius 3 is 2.80 bits per heavy atom. The molecule has 1 heterocycles. The highest BCUT2D eigenvalue weighted by atomic mass is 79.9. The van der Waals surface area contributed by atoms with E-state index in [9.17, 15) is 0 Å². The van der Waals surface area contributed by atoms with Crippen LogP contribution in [0.15, 0.2) is 22.7 Å². The summed E-state index contributed by atoms with van der Waals surface area (Å²) in [6, 6.07) is 5.98. The van der Waals surface area contributed by atoms with Gasteiger partial charge < -0.3 is 10.9 Å². The molecule has 0 atom stereocenters. The lowest BCUT2D eigenvalue weighted by Crippen LogP contribution is -2.19. The Kier molecular flexibility index (Phi) is 1.28. The lowest BCUT2D eigenvalue weighted by Gasteiger charge is -1.95. The number of hydrazine groups is 2. The van der Waals surface area contributed by atoms with Crippen LogP contribution >= 0.6 is 15.9 Å². The van der Waals surface area contributed by atoms with E-state index in [-0.39, 0.29) is 0 Å². The number of hydrogen-bond acceptors (Lipinski definition) is 3. The van der Waals surface area contributed by atoms with Gasteiger partial charge >= 0.3 is 0 Å². The quantitative estimate of drug-likeness (QED) is 0.596. The third-order valence-corrected chi connectivity index (χ3v) is 1.87. The second-order valence-electron chi connectivity index (χ2n) is 2.06. The highest BCUT2D eigenvalue weighted by Gasteiger charge is 2.06. The minimum absolute atomic E-state index is 1.06. The van der Waals surface area contributed by atoms with Crippen molar-refractivity contribution in [3.8, 4) is 0 Å². The minimum atomic E-state index is 1.06. The molecular weight excluding hydrogens is 194 g/mol. The summed E-state index contributed by atoms with van der Waals surface area (Å²) < 4.78 is 1.07. The first-order valence-electron chi connectivity index (χ1n) is 2.93. The van der Waals surface area contributed by atoms with Crippen molar-refractivity contribution in [2.75, 3.05) is 10.9 Å². The third-order valence-electron chi connectivity index (χ3n) is 1.38. The van der Waals surface area contributed by atoms with E-state index in [1.165, 1.54) is 0 Å². The van der Waals surface area contributed by atoms with Gasteiger partial charge in [0.15, 0.2) is 0 Å². The fraction of sp³-hybridized carbons (Fsp3) is 0. The molecule has 10 heavy (non-hydrogen) atoms. The molecule has 0 bridgehead atoms. The van der Waals surface area contributed by atoms with Crippen molar-refractivity contribution in [1.82, 2.24) is 5.53 Å². The highest BCUT2D eigenvalue weighted by Crippen LogP contribution is 2.27. The standard InChI is InChI=1S/C6H6BrN3/c7-4-1-2-5-6(3-4)9-10-8-5/h1-3,8-10H. The normalized spacial score (nSPS) is 13.7. The minimum Gasteiger partial charge on any atom is -0.302 e. The van der Waals surface area contributed by atoms with Crippen molar-refractivity contribution < 1.29 is 0 Å². The van der Waals surface area contributed by atoms with Crippen molar-refractivity contribution in [3.63, 3.8) is 0 Å². The van der Waals surface area contributed by atoms with Crippen LogP contribution in [0.25, 0.3) is 0 Å². The summed E-state index contributed by atoms with van der Waals surface area (Å²) in [4.78, 5) is 0. The molecule has 0 aromatic heterocycles. The Morgan fingerprint density at radius 2 is 1.90 bits per heavy atom. The predicted octanol–water partition coefficient (Wildman–Crippen LogP) is 1.71. The molecule has 4 heteroatoms. The molecule has 52 valence electrons. The van der Waals surface area contributed by atoms with Crippen molar-refractivity contribution >= 4 is 27.3 Å². The van der Waals surface area contributed by atoms with Gasteiger partial charge in [-0.1, -0.05) is 15.9 Å². The Labute approximate surface area is 66.9 Å². The summed E-state index contributed by atoms with van der Waals surface area (Å²) in [6.45, 7) is 0. The molecule has 0 saturated carbocycles. The van der Waals surface area contributed by atoms with Crippen molar-refractivity contribution in [1.29, 1.82) is 0 Å². The zero-order valence-corrected chi connectivity index (χ0v) is 6.70. The molecule has 1 aromatic rings. The van der Waals surface area contributed by atoms with Gasteiger partial charge in [-0.2, -0.15) is 0 Å². The maximum absolute atomic E-state index is 3.37. The lowest BCUT2D eigenvalue weighted by molar-refractivity contribution is 1.01. The van der Waals surface area contributed by atoms with Gasteiger partial charge in [0.1, 0.15) is 0 Å². The molecule has 0 unspecified atom stereocenters. The molecule has 0 amide bonds. The third kappa shape index (κ3) is 0.853. The topological polar surface area (TPSA) is 36.1 Å². The van der Waals surface area contributed by atoms with E-state index in [1.807, 2.05) is 18.2 Å². The average molecular weight is 200 g/mol. The smallest absolute Gasteiger partial charge is 0.0761 e. The van der Waals surface area contributed by atoms with Crippen LogP contribution in [0.4, 0.5) is 11.4 Å². The monoisotopic (exact) mass is 199 g/mol. The summed E-state index contributed by atoms with van der Waals surface area (Å²) in [5.74, 6) is 0. The van der Waals surface area contributed by atoms with Crippen molar-refractivity contribution in [2.45, 2.75) is 0 Å². The summed E-state index contributed by atoms with van der Waals surface area (Å²) in [5.41, 5.74) is 10.8. The second-order valence-corrected chi connectivity index (χ2v) is 2.98. The van der Waals surface area contributed by atoms with Crippen LogP contribution in [-0.4, -0.2) is 0 Å². The van der Waals surface area contributed by atoms with E-state index in [4.69, 9.17) is 0 Å². The SMILES string of the molecule is Brc1ccc2c(c1)NNN2. The van der Waals surface area contributed by atoms with E-state index in [0.29, 0.717) is 0 Å². The molecule has 3 N–H and O–H groups in total. The Bertz CT molecular complexity index is 261. The number of fused-ring (bicyclic) bond motifs is 1. The first-order valence-corrected chi connectivity index (χ1v) is 3.72. The van der Waals surface area contributed by atoms with Crippen LogP contribution in [0.5, 0.6) is 0 Å². The molecule has 0 saturated heterocycles. The van der Waals surface area contributed by atoms with Gasteiger partial charge in [-0.15, -0.1) is 5.53 Å². The van der Waals surface area contributed by atoms with Crippen LogP contribution in [0, 0.1) is 0 Å². The molecule has 1 aliphatic rings. The summed E-state index contributed by atoms with van der Waals surface area (Å²) in [7, 11) is 0. The van der Waals surface area contributed by atoms with Gasteiger partial charge in [-0.25, -0.2) is 0 Å². The second kappa shape index (κ2) is 2.14. The average Bonchev–Trinajstić information content (AvgIpc) is 2.33. The van der Waals surface area contributed by atoms with Gasteiger partial charge in [0, 0.05) is 4.47 Å². The maximum Gasteiger partial charge on any atom is 0.0761 e. The van der Waals surface area contributed by atoms with E-state index in [2.05, 4.69) is 32.3 Å². The van der Waals surface area contributed by atoms with Gasteiger partial charge in [-0.05, 0) is 18.2 Å². The summed E-state index contributed by atoms with van der Waals surface area (Å²) in [6.07, 6.45) is 0. The molecule has 1 aliphatic heterocycles. The number of benzene rings is 1. The number of hydrogen-bond donors (Lipinski definition) is 3. The van der Waals surface area contributed by atoms with Crippen molar-refractivity contribution in [3.05, 3.63) is 22.7 Å². The first kappa shape index (κ1) is 6.00. The Hall–Kier alpha value is -0.740. The van der Waals surface area contributed by atoms with Crippen LogP contribution < -0.4 is 16.4 Å². The molecule has 0 fully saturated rings. The molecule has 0 aliphatic carbocycles. The van der Waals surface area contributed by atoms with E-state index >= 15 is 0 Å². The molecule has 0 spiro atoms. The van der Waals surface area contributed by atoms with Crippen LogP contribution in [-0.2, 0) is 0 Å². The maximum atomic E-state index is 3.37. The summed E-state index contributed by atoms with van der Waals surface area (Å²) >= 11 is 3.37. The number of anilines is 2. The lowest BCUT2D eigenvalue weighted by atomic mass is 10.3. The van der Waals surface area contributed by atoms with E-state index in [0.717, 1.165) is 15.8 Å². The van der Waals surface area contributed by atoms with Gasteiger partial charge in [0.2, 0.25) is 0 Å². The predicted molar refractivity (Wildman–Crippen MR) is 44.5 cm³/mol. The van der Waals surface area contributed by atoms with Crippen LogP contribution in [0.1, 0.15) is 0 Å². The first-order chi connectivity index (χ1) is 4.86. The zero-order chi connectivity index (χ0) is 6.97. The van der Waals surface area contributed by atoms with Crippen molar-refractivity contribution in [2.24, 2.45) is 0 Å². The molecule has 3 nitrogen and oxygen atoms in total. The Balaban J connectivity index is 2.52. The molecule has 2 rings (SSSR count). The van der Waals surface area contributed by atoms with Crippen LogP contribution in [0.3, 0.4) is 0 Å². The van der Waals surface area contributed by atoms with Crippen LogP contribution in [0.2, 0.25) is 0 Å². The van der Waals surface area contributed by atoms with Gasteiger partial charge in [0.05, 0.1) is 11.4 Å². The molecule has 0 radical (unpaired) electrons. The van der Waals surface area contributed by atoms with Gasteiger partial charge in [0.25, 0.3) is 0 Å². The van der Waals surface area contributed by atoms with Gasteiger partial charge in [-0.3, -0.25) is 0 Å². The number of halogens is 1. The van der Waals surface area contributed by atoms with E-state index < -0.39 is 0 Å². The zero-order valence-electron chi connectivity index (χ0n) is 5.11. The fourth-order valence-corrected chi connectivity index (χ4v) is 1.26. The largest absolute Gasteiger partial charge is 0.302 e. The number of nitrogens with one attached hydrogen (secondary N) is 3.